The maximum absolute atomic E-state index is 9.04. The summed E-state index contributed by atoms with van der Waals surface area (Å²) < 4.78 is 5.07. The van der Waals surface area contributed by atoms with Crippen LogP contribution in [0, 0.1) is 6.92 Å². The van der Waals surface area contributed by atoms with Gasteiger partial charge in [0, 0.05) is 32.8 Å². The zero-order valence-electron chi connectivity index (χ0n) is 12.0. The third-order valence-electron chi connectivity index (χ3n) is 3.29. The predicted molar refractivity (Wildman–Crippen MR) is 78.1 cm³/mol. The summed E-state index contributed by atoms with van der Waals surface area (Å²) in [7, 11) is 1.69. The summed E-state index contributed by atoms with van der Waals surface area (Å²) in [6.07, 6.45) is 0.882. The van der Waals surface area contributed by atoms with Crippen molar-refractivity contribution >= 4 is 0 Å². The van der Waals surface area contributed by atoms with E-state index in [1.54, 1.807) is 7.11 Å². The van der Waals surface area contributed by atoms with Crippen LogP contribution >= 0.6 is 0 Å². The quantitative estimate of drug-likeness (QED) is 0.708. The van der Waals surface area contributed by atoms with Crippen molar-refractivity contribution in [2.45, 2.75) is 19.4 Å². The molecule has 108 valence electrons. The largest absolute Gasteiger partial charge is 0.395 e. The number of ether oxygens (including phenoxy) is 1. The lowest BCUT2D eigenvalue weighted by Gasteiger charge is -2.23. The molecule has 1 aromatic carbocycles. The lowest BCUT2D eigenvalue weighted by molar-refractivity contribution is 0.128. The third kappa shape index (κ3) is 6.16. The van der Waals surface area contributed by atoms with Gasteiger partial charge in [-0.25, -0.2) is 0 Å². The lowest BCUT2D eigenvalue weighted by Crippen LogP contribution is -2.32. The van der Waals surface area contributed by atoms with Crippen LogP contribution in [-0.2, 0) is 4.74 Å². The Hall–Kier alpha value is -0.940. The van der Waals surface area contributed by atoms with Crippen LogP contribution in [0.4, 0.5) is 0 Å². The van der Waals surface area contributed by atoms with Crippen molar-refractivity contribution in [1.82, 2.24) is 4.90 Å². The number of methoxy groups -OCH3 is 1. The average molecular weight is 266 g/mol. The zero-order valence-corrected chi connectivity index (χ0v) is 12.0. The highest BCUT2D eigenvalue weighted by Gasteiger charge is 2.09. The van der Waals surface area contributed by atoms with Crippen LogP contribution in [0.25, 0.3) is 0 Å². The van der Waals surface area contributed by atoms with Gasteiger partial charge in [0.15, 0.2) is 0 Å². The minimum absolute atomic E-state index is 0.0457. The lowest BCUT2D eigenvalue weighted by atomic mass is 10.0. The number of aliphatic hydroxyl groups excluding tert-OH is 1. The summed E-state index contributed by atoms with van der Waals surface area (Å²) in [6.45, 7) is 5.30. The Labute approximate surface area is 116 Å². The predicted octanol–water partition coefficient (Wildman–Crippen LogP) is 1.33. The summed E-state index contributed by atoms with van der Waals surface area (Å²) in [6, 6.07) is 8.40. The number of rotatable bonds is 9. The summed E-state index contributed by atoms with van der Waals surface area (Å²) >= 11 is 0. The van der Waals surface area contributed by atoms with Gasteiger partial charge in [0.2, 0.25) is 0 Å². The Morgan fingerprint density at radius 3 is 2.47 bits per heavy atom. The number of hydrogen-bond donors (Lipinski definition) is 2. The normalized spacial score (nSPS) is 12.9. The molecule has 0 radical (unpaired) electrons. The topological polar surface area (TPSA) is 58.7 Å². The first kappa shape index (κ1) is 16.1. The second-order valence-corrected chi connectivity index (χ2v) is 4.86. The van der Waals surface area contributed by atoms with Crippen LogP contribution < -0.4 is 5.73 Å². The zero-order chi connectivity index (χ0) is 14.1. The van der Waals surface area contributed by atoms with E-state index in [4.69, 9.17) is 15.6 Å². The van der Waals surface area contributed by atoms with Crippen LogP contribution in [0.2, 0.25) is 0 Å². The van der Waals surface area contributed by atoms with Crippen molar-refractivity contribution in [1.29, 1.82) is 0 Å². The molecule has 0 aliphatic heterocycles. The number of nitrogens with zero attached hydrogens (tertiary/aromatic N) is 1. The highest BCUT2D eigenvalue weighted by Crippen LogP contribution is 2.15. The van der Waals surface area contributed by atoms with E-state index in [0.717, 1.165) is 19.5 Å². The molecule has 3 N–H and O–H groups in total. The van der Waals surface area contributed by atoms with E-state index in [1.807, 2.05) is 0 Å². The standard InChI is InChI=1S/C15H26N2O2/c1-13-3-5-14(6-4-13)15(16)7-8-17(9-11-18)10-12-19-2/h3-6,15,18H,7-12,16H2,1-2H3. The van der Waals surface area contributed by atoms with Crippen molar-refractivity contribution in [2.75, 3.05) is 40.0 Å². The molecule has 0 spiro atoms. The molecule has 0 heterocycles. The van der Waals surface area contributed by atoms with E-state index in [0.29, 0.717) is 13.2 Å². The van der Waals surface area contributed by atoms with Gasteiger partial charge in [-0.3, -0.25) is 4.90 Å². The number of aryl methyl sites for hydroxylation is 1. The summed E-state index contributed by atoms with van der Waals surface area (Å²) in [5.74, 6) is 0. The van der Waals surface area contributed by atoms with Gasteiger partial charge in [-0.2, -0.15) is 0 Å². The van der Waals surface area contributed by atoms with Gasteiger partial charge < -0.3 is 15.6 Å². The molecular weight excluding hydrogens is 240 g/mol. The molecule has 1 atom stereocenters. The van der Waals surface area contributed by atoms with E-state index < -0.39 is 0 Å². The fourth-order valence-corrected chi connectivity index (χ4v) is 2.00. The Bertz CT molecular complexity index is 341. The molecule has 1 unspecified atom stereocenters. The van der Waals surface area contributed by atoms with Crippen molar-refractivity contribution in [2.24, 2.45) is 5.73 Å². The van der Waals surface area contributed by atoms with Crippen LogP contribution in [0.5, 0.6) is 0 Å². The molecule has 0 aliphatic rings. The summed E-state index contributed by atoms with van der Waals surface area (Å²) in [4.78, 5) is 2.18. The second kappa shape index (κ2) is 9.04. The molecule has 1 aromatic rings. The first-order valence-corrected chi connectivity index (χ1v) is 6.81. The van der Waals surface area contributed by atoms with Gasteiger partial charge in [-0.05, 0) is 18.9 Å². The van der Waals surface area contributed by atoms with Crippen LogP contribution in [0.3, 0.4) is 0 Å². The first-order chi connectivity index (χ1) is 9.17. The summed E-state index contributed by atoms with van der Waals surface area (Å²) in [5, 5.41) is 9.04. The highest BCUT2D eigenvalue weighted by atomic mass is 16.5. The molecule has 0 bridgehead atoms. The molecule has 0 saturated carbocycles. The minimum atomic E-state index is 0.0457. The summed E-state index contributed by atoms with van der Waals surface area (Å²) in [5.41, 5.74) is 8.61. The van der Waals surface area contributed by atoms with Crippen LogP contribution in [0.15, 0.2) is 24.3 Å². The molecule has 0 saturated heterocycles. The number of benzene rings is 1. The van der Waals surface area contributed by atoms with E-state index in [2.05, 4.69) is 36.1 Å². The van der Waals surface area contributed by atoms with Gasteiger partial charge in [0.05, 0.1) is 13.2 Å². The molecule has 0 fully saturated rings. The molecule has 4 nitrogen and oxygen atoms in total. The van der Waals surface area contributed by atoms with E-state index in [1.165, 1.54) is 11.1 Å². The maximum atomic E-state index is 9.04. The van der Waals surface area contributed by atoms with E-state index in [-0.39, 0.29) is 12.6 Å². The fraction of sp³-hybridized carbons (Fsp3) is 0.600. The maximum Gasteiger partial charge on any atom is 0.0589 e. The third-order valence-corrected chi connectivity index (χ3v) is 3.29. The second-order valence-electron chi connectivity index (χ2n) is 4.86. The molecular formula is C15H26N2O2. The molecule has 0 aromatic heterocycles. The Morgan fingerprint density at radius 1 is 1.21 bits per heavy atom. The number of hydrogen-bond acceptors (Lipinski definition) is 4. The molecule has 19 heavy (non-hydrogen) atoms. The van der Waals surface area contributed by atoms with E-state index in [9.17, 15) is 0 Å². The van der Waals surface area contributed by atoms with Crippen molar-refractivity contribution in [3.63, 3.8) is 0 Å². The number of nitrogens with two attached hydrogens (primary N) is 1. The minimum Gasteiger partial charge on any atom is -0.395 e. The van der Waals surface area contributed by atoms with E-state index >= 15 is 0 Å². The molecule has 0 amide bonds. The average Bonchev–Trinajstić information content (AvgIpc) is 2.42. The van der Waals surface area contributed by atoms with Crippen molar-refractivity contribution in [3.8, 4) is 0 Å². The monoisotopic (exact) mass is 266 g/mol. The van der Waals surface area contributed by atoms with Gasteiger partial charge in [-0.1, -0.05) is 29.8 Å². The Morgan fingerprint density at radius 2 is 1.89 bits per heavy atom. The molecule has 1 rings (SSSR count). The Kier molecular flexibility index (Phi) is 7.67. The first-order valence-electron chi connectivity index (χ1n) is 6.81. The fourth-order valence-electron chi connectivity index (χ4n) is 2.00. The SMILES string of the molecule is COCCN(CCO)CCC(N)c1ccc(C)cc1. The smallest absolute Gasteiger partial charge is 0.0589 e. The van der Waals surface area contributed by atoms with Crippen molar-refractivity contribution < 1.29 is 9.84 Å². The van der Waals surface area contributed by atoms with Gasteiger partial charge in [0.1, 0.15) is 0 Å². The van der Waals surface area contributed by atoms with Gasteiger partial charge >= 0.3 is 0 Å². The van der Waals surface area contributed by atoms with Crippen LogP contribution in [0.1, 0.15) is 23.6 Å². The van der Waals surface area contributed by atoms with Gasteiger partial charge in [0.25, 0.3) is 0 Å². The molecule has 4 heteroatoms. The van der Waals surface area contributed by atoms with Gasteiger partial charge in [-0.15, -0.1) is 0 Å². The molecule has 0 aliphatic carbocycles. The highest BCUT2D eigenvalue weighted by molar-refractivity contribution is 5.23. The number of aliphatic hydroxyl groups is 1. The van der Waals surface area contributed by atoms with Crippen LogP contribution in [-0.4, -0.2) is 50.0 Å². The Balaban J connectivity index is 2.41. The van der Waals surface area contributed by atoms with Crippen molar-refractivity contribution in [3.05, 3.63) is 35.4 Å².